The molecule has 0 aliphatic carbocycles. The van der Waals surface area contributed by atoms with Crippen LogP contribution in [-0.2, 0) is 10.2 Å². The molecule has 5 N–H and O–H groups in total. The minimum atomic E-state index is -0.249. The van der Waals surface area contributed by atoms with Crippen molar-refractivity contribution in [2.24, 2.45) is 5.73 Å². The molecule has 41 heavy (non-hydrogen) atoms. The largest absolute Gasteiger partial charge is 0.503 e. The summed E-state index contributed by atoms with van der Waals surface area (Å²) in [6, 6.07) is 20.5. The molecule has 4 rings (SSSR count). The summed E-state index contributed by atoms with van der Waals surface area (Å²) < 4.78 is 8.34. The van der Waals surface area contributed by atoms with E-state index in [1.165, 1.54) is 17.0 Å². The van der Waals surface area contributed by atoms with Gasteiger partial charge in [-0.2, -0.15) is 4.58 Å². The number of phenolic OH excluding ortho intramolecular Hbond substituents is 1. The number of carbonyl (C=O) groups excluding carboxylic acids is 1. The number of anilines is 2. The summed E-state index contributed by atoms with van der Waals surface area (Å²) in [5, 5.41) is 16.6. The summed E-state index contributed by atoms with van der Waals surface area (Å²) in [4.78, 5) is 12.0. The number of unbranched alkanes of at least 4 members (excludes halogenated alkanes) is 2. The Labute approximate surface area is 251 Å². The Morgan fingerprint density at radius 1 is 1.05 bits per heavy atom. The van der Waals surface area contributed by atoms with Crippen molar-refractivity contribution in [3.8, 4) is 11.5 Å². The van der Waals surface area contributed by atoms with Crippen molar-refractivity contribution in [2.75, 3.05) is 32.1 Å². The average molecular weight is 621 g/mol. The molecule has 3 aromatic rings. The first-order valence-corrected chi connectivity index (χ1v) is 14.9. The molecule has 3 aromatic carbocycles. The van der Waals surface area contributed by atoms with Crippen molar-refractivity contribution >= 4 is 50.7 Å². The van der Waals surface area contributed by atoms with Crippen LogP contribution >= 0.6 is 15.9 Å². The fraction of sp³-hybridized carbons (Fsp3) is 0.333. The van der Waals surface area contributed by atoms with E-state index in [4.69, 9.17) is 10.5 Å². The molecule has 0 atom stereocenters. The van der Waals surface area contributed by atoms with Crippen LogP contribution in [0, 0.1) is 0 Å². The van der Waals surface area contributed by atoms with Gasteiger partial charge in [-0.25, -0.2) is 0 Å². The van der Waals surface area contributed by atoms with Crippen LogP contribution < -0.4 is 21.1 Å². The smallest absolute Gasteiger partial charge is 0.220 e. The summed E-state index contributed by atoms with van der Waals surface area (Å²) in [5.74, 6) is 0.567. The van der Waals surface area contributed by atoms with E-state index in [1.54, 1.807) is 7.11 Å². The van der Waals surface area contributed by atoms with Gasteiger partial charge in [-0.1, -0.05) is 18.2 Å². The molecule has 1 aliphatic rings. The van der Waals surface area contributed by atoms with Crippen molar-refractivity contribution < 1.29 is 19.2 Å². The van der Waals surface area contributed by atoms with Gasteiger partial charge in [0, 0.05) is 55.0 Å². The summed E-state index contributed by atoms with van der Waals surface area (Å²) in [6.45, 7) is 6.33. The monoisotopic (exact) mass is 619 g/mol. The van der Waals surface area contributed by atoms with E-state index in [2.05, 4.69) is 87.5 Å². The second kappa shape index (κ2) is 13.8. The highest BCUT2D eigenvalue weighted by Crippen LogP contribution is 2.42. The van der Waals surface area contributed by atoms with Crippen LogP contribution in [0.2, 0.25) is 0 Å². The lowest BCUT2D eigenvalue weighted by Gasteiger charge is -2.17. The van der Waals surface area contributed by atoms with Crippen LogP contribution in [0.25, 0.3) is 6.08 Å². The number of amides is 1. The number of fused-ring (bicyclic) bond motifs is 1. The molecule has 1 amide bonds. The zero-order valence-corrected chi connectivity index (χ0v) is 25.6. The van der Waals surface area contributed by atoms with Gasteiger partial charge in [0.2, 0.25) is 11.6 Å². The highest BCUT2D eigenvalue weighted by molar-refractivity contribution is 9.10. The van der Waals surface area contributed by atoms with Gasteiger partial charge in [0.15, 0.2) is 17.2 Å². The molecule has 0 unspecified atom stereocenters. The van der Waals surface area contributed by atoms with Gasteiger partial charge in [0.25, 0.3) is 0 Å². The molecule has 0 bridgehead atoms. The third-order valence-electron chi connectivity index (χ3n) is 7.41. The molecule has 0 fully saturated rings. The molecule has 0 aromatic heterocycles. The van der Waals surface area contributed by atoms with E-state index in [-0.39, 0.29) is 17.1 Å². The second-order valence-corrected chi connectivity index (χ2v) is 11.6. The van der Waals surface area contributed by atoms with Crippen LogP contribution in [0.5, 0.6) is 11.5 Å². The molecule has 1 heterocycles. The number of nitrogens with zero attached hydrogens (tertiary/aromatic N) is 1. The fourth-order valence-corrected chi connectivity index (χ4v) is 5.69. The Morgan fingerprint density at radius 3 is 2.56 bits per heavy atom. The number of halogens is 1. The minimum Gasteiger partial charge on any atom is -0.503 e. The lowest BCUT2D eigenvalue weighted by atomic mass is 9.81. The molecular weight excluding hydrogens is 580 g/mol. The van der Waals surface area contributed by atoms with Crippen LogP contribution in [0.3, 0.4) is 0 Å². The average Bonchev–Trinajstić information content (AvgIpc) is 3.17. The van der Waals surface area contributed by atoms with Crippen molar-refractivity contribution in [3.63, 3.8) is 0 Å². The number of nitrogens with one attached hydrogen (secondary N) is 2. The molecule has 7 nitrogen and oxygen atoms in total. The molecule has 216 valence electrons. The predicted octanol–water partition coefficient (Wildman–Crippen LogP) is 6.63. The van der Waals surface area contributed by atoms with E-state index < -0.39 is 0 Å². The predicted molar refractivity (Wildman–Crippen MR) is 171 cm³/mol. The lowest BCUT2D eigenvalue weighted by molar-refractivity contribution is -0.438. The van der Waals surface area contributed by atoms with Gasteiger partial charge in [0.1, 0.15) is 6.54 Å². The molecule has 1 aliphatic heterocycles. The minimum absolute atomic E-state index is 0.0622. The number of rotatable bonds is 13. The molecule has 0 saturated heterocycles. The summed E-state index contributed by atoms with van der Waals surface area (Å²) in [5.41, 5.74) is 11.9. The maximum absolute atomic E-state index is 12.0. The summed E-state index contributed by atoms with van der Waals surface area (Å²) in [7, 11) is 1.55. The lowest BCUT2D eigenvalue weighted by Crippen LogP contribution is -2.28. The summed E-state index contributed by atoms with van der Waals surface area (Å²) in [6.07, 6.45) is 7.50. The molecular formula is C33H40BrN4O3+. The quantitative estimate of drug-likeness (QED) is 0.127. The van der Waals surface area contributed by atoms with E-state index >= 15 is 0 Å². The second-order valence-electron chi connectivity index (χ2n) is 10.7. The number of carbonyl (C=O) groups is 1. The first kappa shape index (κ1) is 30.3. The standard InChI is InChI=1S/C33H39BrN4O3/c1-33(2)26-22-25(37-24-10-6-4-7-11-24)14-15-28(26)38(19-9-5-8-12-31(39)36-18-17-35)30(33)16-13-23-20-27(34)32(40)29(21-23)41-3/h4,6-7,10-11,13-16,20-22,37H,5,8-9,12,17-19,35H2,1-3H3,(H,36,39)/p+1. The van der Waals surface area contributed by atoms with Crippen molar-refractivity contribution in [1.82, 2.24) is 5.32 Å². The van der Waals surface area contributed by atoms with Crippen LogP contribution in [-0.4, -0.2) is 48.0 Å². The number of methoxy groups -OCH3 is 1. The van der Waals surface area contributed by atoms with Gasteiger partial charge in [0.05, 0.1) is 17.0 Å². The Morgan fingerprint density at radius 2 is 1.83 bits per heavy atom. The summed E-state index contributed by atoms with van der Waals surface area (Å²) >= 11 is 3.43. The van der Waals surface area contributed by atoms with E-state index in [1.807, 2.05) is 30.3 Å². The number of hydrogen-bond donors (Lipinski definition) is 4. The van der Waals surface area contributed by atoms with Crippen LogP contribution in [0.15, 0.2) is 71.2 Å². The van der Waals surface area contributed by atoms with Gasteiger partial charge in [-0.15, -0.1) is 0 Å². The van der Waals surface area contributed by atoms with Crippen molar-refractivity contribution in [3.05, 3.63) is 82.3 Å². The molecule has 0 saturated carbocycles. The first-order chi connectivity index (χ1) is 19.7. The number of phenols is 1. The first-order valence-electron chi connectivity index (χ1n) is 14.1. The number of nitrogens with two attached hydrogens (primary N) is 1. The number of aromatic hydroxyl groups is 1. The van der Waals surface area contributed by atoms with Gasteiger partial charge < -0.3 is 26.2 Å². The zero-order chi connectivity index (χ0) is 29.4. The Balaban J connectivity index is 1.61. The van der Waals surface area contributed by atoms with E-state index in [9.17, 15) is 9.90 Å². The van der Waals surface area contributed by atoms with E-state index in [0.717, 1.165) is 42.7 Å². The number of para-hydroxylation sites is 1. The number of benzene rings is 3. The fourth-order valence-electron chi connectivity index (χ4n) is 5.24. The number of ether oxygens (including phenoxy) is 1. The Kier molecular flexibility index (Phi) is 10.2. The molecule has 0 radical (unpaired) electrons. The highest BCUT2D eigenvalue weighted by atomic mass is 79.9. The van der Waals surface area contributed by atoms with Crippen molar-refractivity contribution in [1.29, 1.82) is 0 Å². The molecule has 0 spiro atoms. The maximum atomic E-state index is 12.0. The normalized spacial score (nSPS) is 13.9. The van der Waals surface area contributed by atoms with Crippen molar-refractivity contribution in [2.45, 2.75) is 44.9 Å². The highest BCUT2D eigenvalue weighted by Gasteiger charge is 2.44. The topological polar surface area (TPSA) is 99.6 Å². The third-order valence-corrected chi connectivity index (χ3v) is 8.02. The third kappa shape index (κ3) is 7.37. The Bertz CT molecular complexity index is 1430. The van der Waals surface area contributed by atoms with Gasteiger partial charge in [-0.05, 0) is 90.7 Å². The van der Waals surface area contributed by atoms with Gasteiger partial charge >= 0.3 is 0 Å². The zero-order valence-electron chi connectivity index (χ0n) is 24.0. The SMILES string of the molecule is COc1cc(/C=C/C2=[N+](CCCCCC(=O)NCCN)c3ccc(Nc4ccccc4)cc3C2(C)C)cc(Br)c1O. The Hall–Kier alpha value is -3.62. The van der Waals surface area contributed by atoms with Gasteiger partial charge in [-0.3, -0.25) is 4.79 Å². The van der Waals surface area contributed by atoms with Crippen LogP contribution in [0.1, 0.15) is 50.7 Å². The molecule has 8 heteroatoms. The number of allylic oxidation sites excluding steroid dienone is 1. The number of hydrogen-bond acceptors (Lipinski definition) is 5. The van der Waals surface area contributed by atoms with E-state index in [0.29, 0.717) is 29.7 Å². The van der Waals surface area contributed by atoms with Crippen LogP contribution in [0.4, 0.5) is 17.1 Å². The maximum Gasteiger partial charge on any atom is 0.220 e.